The molecule has 3 heterocycles. The van der Waals surface area contributed by atoms with Crippen LogP contribution in [0, 0.1) is 6.92 Å². The lowest BCUT2D eigenvalue weighted by Gasteiger charge is -2.35. The zero-order chi connectivity index (χ0) is 19.3. The highest BCUT2D eigenvalue weighted by molar-refractivity contribution is 5.92. The van der Waals surface area contributed by atoms with E-state index in [-0.39, 0.29) is 36.8 Å². The van der Waals surface area contributed by atoms with Gasteiger partial charge in [0.15, 0.2) is 5.76 Å². The molecule has 30 heavy (non-hydrogen) atoms. The molecule has 1 unspecified atom stereocenters. The number of rotatable bonds is 5. The molecule has 1 aliphatic rings. The van der Waals surface area contributed by atoms with E-state index >= 15 is 0 Å². The highest BCUT2D eigenvalue weighted by Gasteiger charge is 2.29. The Hall–Kier alpha value is -2.54. The van der Waals surface area contributed by atoms with Gasteiger partial charge >= 0.3 is 0 Å². The Labute approximate surface area is 188 Å². The van der Waals surface area contributed by atoms with Crippen LogP contribution in [0.15, 0.2) is 65.3 Å². The smallest absolute Gasteiger partial charge is 0.290 e. The van der Waals surface area contributed by atoms with Crippen LogP contribution in [-0.2, 0) is 0 Å². The van der Waals surface area contributed by atoms with Gasteiger partial charge in [-0.25, -0.2) is 0 Å². The summed E-state index contributed by atoms with van der Waals surface area (Å²) >= 11 is 0. The zero-order valence-corrected chi connectivity index (χ0v) is 18.2. The van der Waals surface area contributed by atoms with Crippen LogP contribution in [-0.4, -0.2) is 48.1 Å². The minimum Gasteiger partial charge on any atom is -0.490 e. The first-order valence-corrected chi connectivity index (χ1v) is 9.42. The number of hydrogen-bond acceptors (Lipinski definition) is 5. The predicted octanol–water partition coefficient (Wildman–Crippen LogP) is 3.99. The summed E-state index contributed by atoms with van der Waals surface area (Å²) in [5.41, 5.74) is 2.14. The Kier molecular flexibility index (Phi) is 8.72. The van der Waals surface area contributed by atoms with Crippen molar-refractivity contribution in [3.63, 3.8) is 0 Å². The third-order valence-electron chi connectivity index (χ3n) is 4.84. The second-order valence-electron chi connectivity index (χ2n) is 6.89. The monoisotopic (exact) mass is 449 g/mol. The minimum atomic E-state index is -0.111. The number of amides is 1. The summed E-state index contributed by atoms with van der Waals surface area (Å²) < 4.78 is 11.7. The SMILES string of the molecule is Cc1ccc(-c2ccc(C(=O)N3CCNCC3COc3cccnc3)o2)cc1.Cl.Cl. The number of benzene rings is 1. The van der Waals surface area contributed by atoms with Crippen molar-refractivity contribution in [1.29, 1.82) is 0 Å². The van der Waals surface area contributed by atoms with Crippen LogP contribution >= 0.6 is 24.8 Å². The molecule has 0 bridgehead atoms. The van der Waals surface area contributed by atoms with Crippen molar-refractivity contribution >= 4 is 30.7 Å². The lowest BCUT2D eigenvalue weighted by molar-refractivity contribution is 0.0529. The maximum absolute atomic E-state index is 13.1. The van der Waals surface area contributed by atoms with E-state index in [1.807, 2.05) is 54.3 Å². The fourth-order valence-corrected chi connectivity index (χ4v) is 3.27. The van der Waals surface area contributed by atoms with E-state index in [0.29, 0.717) is 37.0 Å². The van der Waals surface area contributed by atoms with E-state index in [0.717, 1.165) is 12.1 Å². The first kappa shape index (κ1) is 23.7. The molecule has 2 aromatic heterocycles. The molecule has 0 radical (unpaired) electrons. The molecule has 0 spiro atoms. The highest BCUT2D eigenvalue weighted by Crippen LogP contribution is 2.24. The number of carbonyl (C=O) groups is 1. The van der Waals surface area contributed by atoms with Gasteiger partial charge < -0.3 is 19.4 Å². The highest BCUT2D eigenvalue weighted by atomic mass is 35.5. The van der Waals surface area contributed by atoms with Crippen LogP contribution < -0.4 is 10.1 Å². The van der Waals surface area contributed by atoms with Crippen molar-refractivity contribution in [3.05, 3.63) is 72.2 Å². The Bertz CT molecular complexity index is 932. The van der Waals surface area contributed by atoms with Crippen LogP contribution in [0.5, 0.6) is 5.75 Å². The van der Waals surface area contributed by atoms with E-state index in [1.165, 1.54) is 5.56 Å². The Morgan fingerprint density at radius 3 is 2.73 bits per heavy atom. The van der Waals surface area contributed by atoms with E-state index < -0.39 is 0 Å². The molecule has 6 nitrogen and oxygen atoms in total. The van der Waals surface area contributed by atoms with Gasteiger partial charge in [-0.2, -0.15) is 0 Å². The number of furan rings is 1. The second-order valence-corrected chi connectivity index (χ2v) is 6.89. The summed E-state index contributed by atoms with van der Waals surface area (Å²) in [6.07, 6.45) is 3.37. The number of piperazine rings is 1. The van der Waals surface area contributed by atoms with Crippen molar-refractivity contribution in [2.24, 2.45) is 0 Å². The molecule has 0 saturated carbocycles. The Morgan fingerprint density at radius 2 is 2.00 bits per heavy atom. The number of aryl methyl sites for hydroxylation is 1. The molecule has 1 amide bonds. The van der Waals surface area contributed by atoms with Gasteiger partial charge in [-0.3, -0.25) is 9.78 Å². The van der Waals surface area contributed by atoms with Gasteiger partial charge in [0.2, 0.25) is 0 Å². The number of nitrogens with one attached hydrogen (secondary N) is 1. The molecule has 1 aliphatic heterocycles. The van der Waals surface area contributed by atoms with Crippen LogP contribution in [0.3, 0.4) is 0 Å². The van der Waals surface area contributed by atoms with Crippen LogP contribution in [0.1, 0.15) is 16.1 Å². The van der Waals surface area contributed by atoms with Crippen molar-refractivity contribution in [2.75, 3.05) is 26.2 Å². The minimum absolute atomic E-state index is 0. The molecule has 3 aromatic rings. The van der Waals surface area contributed by atoms with Gasteiger partial charge in [-0.05, 0) is 31.2 Å². The van der Waals surface area contributed by atoms with Crippen molar-refractivity contribution in [1.82, 2.24) is 15.2 Å². The first-order chi connectivity index (χ1) is 13.7. The normalized spacial score (nSPS) is 15.6. The van der Waals surface area contributed by atoms with Gasteiger partial charge in [0.05, 0.1) is 12.2 Å². The maximum Gasteiger partial charge on any atom is 0.290 e. The molecule has 1 saturated heterocycles. The number of hydrogen-bond donors (Lipinski definition) is 1. The van der Waals surface area contributed by atoms with Crippen LogP contribution in [0.2, 0.25) is 0 Å². The standard InChI is InChI=1S/C22H23N3O3.2ClH/c1-16-4-6-17(7-5-16)20-8-9-21(28-20)22(26)25-12-11-24-13-18(25)15-27-19-3-2-10-23-14-19;;/h2-10,14,18,24H,11-13,15H2,1H3;2*1H. The number of pyridine rings is 1. The van der Waals surface area contributed by atoms with E-state index in [9.17, 15) is 4.79 Å². The molecule has 0 aliphatic carbocycles. The summed E-state index contributed by atoms with van der Waals surface area (Å²) in [6, 6.07) is 15.3. The van der Waals surface area contributed by atoms with Gasteiger partial charge in [0.25, 0.3) is 5.91 Å². The van der Waals surface area contributed by atoms with Crippen molar-refractivity contribution in [2.45, 2.75) is 13.0 Å². The fraction of sp³-hybridized carbons (Fsp3) is 0.273. The molecule has 1 fully saturated rings. The Morgan fingerprint density at radius 1 is 1.20 bits per heavy atom. The second kappa shape index (κ2) is 11.0. The average Bonchev–Trinajstić information content (AvgIpc) is 3.23. The molecule has 1 atom stereocenters. The first-order valence-electron chi connectivity index (χ1n) is 9.42. The molecule has 160 valence electrons. The molecule has 8 heteroatoms. The summed E-state index contributed by atoms with van der Waals surface area (Å²) in [5, 5.41) is 3.32. The third-order valence-corrected chi connectivity index (χ3v) is 4.84. The lowest BCUT2D eigenvalue weighted by Crippen LogP contribution is -2.55. The third kappa shape index (κ3) is 5.53. The molecular weight excluding hydrogens is 425 g/mol. The fourth-order valence-electron chi connectivity index (χ4n) is 3.27. The Balaban J connectivity index is 0.00000160. The van der Waals surface area contributed by atoms with Gasteiger partial charge in [-0.1, -0.05) is 29.8 Å². The van der Waals surface area contributed by atoms with Gasteiger partial charge in [0.1, 0.15) is 18.1 Å². The lowest BCUT2D eigenvalue weighted by atomic mass is 10.1. The summed E-state index contributed by atoms with van der Waals surface area (Å²) in [5.74, 6) is 1.63. The molecular formula is C22H25Cl2N3O3. The number of ether oxygens (including phenoxy) is 1. The van der Waals surface area contributed by atoms with Crippen molar-refractivity contribution in [3.8, 4) is 17.1 Å². The van der Waals surface area contributed by atoms with Crippen molar-refractivity contribution < 1.29 is 13.9 Å². The molecule has 4 rings (SSSR count). The quantitative estimate of drug-likeness (QED) is 0.637. The topological polar surface area (TPSA) is 67.6 Å². The van der Waals surface area contributed by atoms with E-state index in [1.54, 1.807) is 18.5 Å². The van der Waals surface area contributed by atoms with E-state index in [4.69, 9.17) is 9.15 Å². The summed E-state index contributed by atoms with van der Waals surface area (Å²) in [7, 11) is 0. The summed E-state index contributed by atoms with van der Waals surface area (Å²) in [4.78, 5) is 18.9. The van der Waals surface area contributed by atoms with Crippen LogP contribution in [0.25, 0.3) is 11.3 Å². The zero-order valence-electron chi connectivity index (χ0n) is 16.6. The van der Waals surface area contributed by atoms with Gasteiger partial charge in [0, 0.05) is 31.4 Å². The largest absolute Gasteiger partial charge is 0.490 e. The average molecular weight is 450 g/mol. The summed E-state index contributed by atoms with van der Waals surface area (Å²) in [6.45, 7) is 4.48. The predicted molar refractivity (Wildman–Crippen MR) is 121 cm³/mol. The maximum atomic E-state index is 13.1. The number of halogens is 2. The number of aromatic nitrogens is 1. The van der Waals surface area contributed by atoms with Gasteiger partial charge in [-0.15, -0.1) is 24.8 Å². The number of carbonyl (C=O) groups excluding carboxylic acids is 1. The number of nitrogens with zero attached hydrogens (tertiary/aromatic N) is 2. The van der Waals surface area contributed by atoms with Crippen LogP contribution in [0.4, 0.5) is 0 Å². The van der Waals surface area contributed by atoms with E-state index in [2.05, 4.69) is 10.3 Å². The molecule has 1 aromatic carbocycles. The molecule has 1 N–H and O–H groups in total.